The molecular weight excluding hydrogens is 294 g/mol. The zero-order valence-electron chi connectivity index (χ0n) is 12.3. The van der Waals surface area contributed by atoms with Gasteiger partial charge in [-0.1, -0.05) is 30.3 Å². The SMILES string of the molecule is O=C(CCC(=O)c1ccccc1)Nc1ccc2[nH]c(=O)[nH]c2c1. The molecule has 0 aliphatic heterocycles. The number of carbonyl (C=O) groups is 2. The number of carbonyl (C=O) groups excluding carboxylic acids is 2. The van der Waals surface area contributed by atoms with Crippen molar-refractivity contribution in [3.05, 3.63) is 64.6 Å². The maximum atomic E-state index is 12.0. The van der Waals surface area contributed by atoms with Gasteiger partial charge in [0.05, 0.1) is 11.0 Å². The molecule has 0 fully saturated rings. The van der Waals surface area contributed by atoms with E-state index in [0.29, 0.717) is 22.3 Å². The molecule has 0 unspecified atom stereocenters. The van der Waals surface area contributed by atoms with Gasteiger partial charge < -0.3 is 15.3 Å². The second-order valence-electron chi connectivity index (χ2n) is 5.18. The zero-order valence-corrected chi connectivity index (χ0v) is 12.3. The summed E-state index contributed by atoms with van der Waals surface area (Å²) in [6.07, 6.45) is 0.258. The minimum Gasteiger partial charge on any atom is -0.326 e. The summed E-state index contributed by atoms with van der Waals surface area (Å²) in [4.78, 5) is 40.4. The van der Waals surface area contributed by atoms with E-state index in [4.69, 9.17) is 0 Å². The number of rotatable bonds is 5. The van der Waals surface area contributed by atoms with Crippen molar-refractivity contribution < 1.29 is 9.59 Å². The number of aromatic nitrogens is 2. The highest BCUT2D eigenvalue weighted by Crippen LogP contribution is 2.15. The van der Waals surface area contributed by atoms with E-state index in [1.54, 1.807) is 42.5 Å². The molecular formula is C17H15N3O3. The van der Waals surface area contributed by atoms with Crippen LogP contribution in [0.15, 0.2) is 53.3 Å². The summed E-state index contributed by atoms with van der Waals surface area (Å²) in [6.45, 7) is 0. The number of hydrogen-bond acceptors (Lipinski definition) is 3. The number of aromatic amines is 2. The van der Waals surface area contributed by atoms with Crippen LogP contribution in [0.2, 0.25) is 0 Å². The standard InChI is InChI=1S/C17H15N3O3/c21-15(11-4-2-1-3-5-11)8-9-16(22)18-12-6-7-13-14(10-12)20-17(23)19-13/h1-7,10H,8-9H2,(H,18,22)(H2,19,20,23). The van der Waals surface area contributed by atoms with Crippen molar-refractivity contribution in [3.63, 3.8) is 0 Å². The normalized spacial score (nSPS) is 10.6. The largest absolute Gasteiger partial charge is 0.326 e. The Hall–Kier alpha value is -3.15. The first kappa shape index (κ1) is 14.8. The van der Waals surface area contributed by atoms with E-state index in [1.165, 1.54) is 0 Å². The van der Waals surface area contributed by atoms with Crippen molar-refractivity contribution in [2.24, 2.45) is 0 Å². The van der Waals surface area contributed by atoms with Crippen molar-refractivity contribution >= 4 is 28.4 Å². The van der Waals surface area contributed by atoms with Crippen LogP contribution in [-0.4, -0.2) is 21.7 Å². The molecule has 0 spiro atoms. The lowest BCUT2D eigenvalue weighted by molar-refractivity contribution is -0.116. The quantitative estimate of drug-likeness (QED) is 0.632. The molecule has 1 amide bonds. The summed E-state index contributed by atoms with van der Waals surface area (Å²) in [6, 6.07) is 14.0. The average molecular weight is 309 g/mol. The third-order valence-corrected chi connectivity index (χ3v) is 3.47. The van der Waals surface area contributed by atoms with Crippen molar-refractivity contribution in [1.29, 1.82) is 0 Å². The van der Waals surface area contributed by atoms with Gasteiger partial charge in [-0.25, -0.2) is 4.79 Å². The van der Waals surface area contributed by atoms with E-state index in [1.807, 2.05) is 6.07 Å². The van der Waals surface area contributed by atoms with E-state index < -0.39 is 0 Å². The molecule has 0 radical (unpaired) electrons. The Morgan fingerprint density at radius 1 is 0.913 bits per heavy atom. The van der Waals surface area contributed by atoms with Gasteiger partial charge in [0.2, 0.25) is 5.91 Å². The maximum absolute atomic E-state index is 12.0. The highest BCUT2D eigenvalue weighted by molar-refractivity contribution is 6.00. The third kappa shape index (κ3) is 3.55. The van der Waals surface area contributed by atoms with E-state index in [0.717, 1.165) is 0 Å². The van der Waals surface area contributed by atoms with Gasteiger partial charge in [0.15, 0.2) is 5.78 Å². The van der Waals surface area contributed by atoms with Gasteiger partial charge in [-0.15, -0.1) is 0 Å². The third-order valence-electron chi connectivity index (χ3n) is 3.47. The highest BCUT2D eigenvalue weighted by Gasteiger charge is 2.09. The fourth-order valence-corrected chi connectivity index (χ4v) is 2.33. The van der Waals surface area contributed by atoms with Gasteiger partial charge >= 0.3 is 5.69 Å². The predicted molar refractivity (Wildman–Crippen MR) is 87.6 cm³/mol. The van der Waals surface area contributed by atoms with E-state index in [-0.39, 0.29) is 30.2 Å². The molecule has 0 aliphatic rings. The molecule has 1 heterocycles. The van der Waals surface area contributed by atoms with Crippen LogP contribution in [0.1, 0.15) is 23.2 Å². The fourth-order valence-electron chi connectivity index (χ4n) is 2.33. The average Bonchev–Trinajstić information content (AvgIpc) is 2.92. The topological polar surface area (TPSA) is 94.8 Å². The van der Waals surface area contributed by atoms with Crippen molar-refractivity contribution in [2.45, 2.75) is 12.8 Å². The molecule has 23 heavy (non-hydrogen) atoms. The molecule has 0 saturated heterocycles. The Kier molecular flexibility index (Phi) is 4.05. The number of benzene rings is 2. The van der Waals surface area contributed by atoms with Crippen LogP contribution in [0.5, 0.6) is 0 Å². The van der Waals surface area contributed by atoms with Crippen molar-refractivity contribution in [3.8, 4) is 0 Å². The molecule has 116 valence electrons. The van der Waals surface area contributed by atoms with Crippen LogP contribution >= 0.6 is 0 Å². The number of amides is 1. The minimum absolute atomic E-state index is 0.0637. The fraction of sp³-hybridized carbons (Fsp3) is 0.118. The van der Waals surface area contributed by atoms with Crippen molar-refractivity contribution in [1.82, 2.24) is 9.97 Å². The summed E-state index contributed by atoms with van der Waals surface area (Å²) >= 11 is 0. The van der Waals surface area contributed by atoms with Crippen LogP contribution in [0.4, 0.5) is 5.69 Å². The molecule has 0 atom stereocenters. The van der Waals surface area contributed by atoms with Gasteiger partial charge in [0.1, 0.15) is 0 Å². The van der Waals surface area contributed by atoms with Crippen LogP contribution in [0.25, 0.3) is 11.0 Å². The number of imidazole rings is 1. The number of hydrogen-bond donors (Lipinski definition) is 3. The second kappa shape index (κ2) is 6.31. The number of ketones is 1. The Morgan fingerprint density at radius 2 is 1.65 bits per heavy atom. The van der Waals surface area contributed by atoms with Gasteiger partial charge in [-0.2, -0.15) is 0 Å². The number of anilines is 1. The lowest BCUT2D eigenvalue weighted by Gasteiger charge is -2.05. The van der Waals surface area contributed by atoms with Gasteiger partial charge in [0, 0.05) is 24.1 Å². The molecule has 2 aromatic carbocycles. The number of Topliss-reactive ketones (excluding diaryl/α,β-unsaturated/α-hetero) is 1. The Morgan fingerprint density at radius 3 is 2.43 bits per heavy atom. The summed E-state index contributed by atoms with van der Waals surface area (Å²) in [7, 11) is 0. The van der Waals surface area contributed by atoms with Gasteiger partial charge in [0.25, 0.3) is 0 Å². The summed E-state index contributed by atoms with van der Waals surface area (Å²) in [5.74, 6) is -0.308. The molecule has 0 bridgehead atoms. The molecule has 3 aromatic rings. The van der Waals surface area contributed by atoms with Gasteiger partial charge in [-0.3, -0.25) is 9.59 Å². The maximum Gasteiger partial charge on any atom is 0.323 e. The van der Waals surface area contributed by atoms with E-state index >= 15 is 0 Å². The second-order valence-corrected chi connectivity index (χ2v) is 5.18. The number of nitrogens with one attached hydrogen (secondary N) is 3. The van der Waals surface area contributed by atoms with E-state index in [9.17, 15) is 14.4 Å². The summed E-state index contributed by atoms with van der Waals surface area (Å²) < 4.78 is 0. The minimum atomic E-state index is -0.295. The molecule has 3 rings (SSSR count). The monoisotopic (exact) mass is 309 g/mol. The lowest BCUT2D eigenvalue weighted by atomic mass is 10.1. The van der Waals surface area contributed by atoms with Crippen molar-refractivity contribution in [2.75, 3.05) is 5.32 Å². The zero-order chi connectivity index (χ0) is 16.2. The summed E-state index contributed by atoms with van der Waals surface area (Å²) in [5, 5.41) is 2.72. The molecule has 0 aliphatic carbocycles. The van der Waals surface area contributed by atoms with E-state index in [2.05, 4.69) is 15.3 Å². The van der Waals surface area contributed by atoms with Crippen LogP contribution in [0.3, 0.4) is 0 Å². The Bertz CT molecular complexity index is 909. The molecule has 6 nitrogen and oxygen atoms in total. The lowest BCUT2D eigenvalue weighted by Crippen LogP contribution is -2.13. The first-order valence-corrected chi connectivity index (χ1v) is 7.22. The first-order chi connectivity index (χ1) is 11.1. The first-order valence-electron chi connectivity index (χ1n) is 7.22. The number of fused-ring (bicyclic) bond motifs is 1. The summed E-state index contributed by atoms with van der Waals surface area (Å²) in [5.41, 5.74) is 2.17. The van der Waals surface area contributed by atoms with Crippen LogP contribution < -0.4 is 11.0 Å². The molecule has 0 saturated carbocycles. The Balaban J connectivity index is 1.60. The smallest absolute Gasteiger partial charge is 0.323 e. The van der Waals surface area contributed by atoms with Crippen LogP contribution in [0, 0.1) is 0 Å². The number of H-pyrrole nitrogens is 2. The highest BCUT2D eigenvalue weighted by atomic mass is 16.2. The molecule has 6 heteroatoms. The van der Waals surface area contributed by atoms with Gasteiger partial charge in [-0.05, 0) is 18.2 Å². The molecule has 3 N–H and O–H groups in total. The molecule has 1 aromatic heterocycles. The van der Waals surface area contributed by atoms with Crippen LogP contribution in [-0.2, 0) is 4.79 Å². The predicted octanol–water partition coefficient (Wildman–Crippen LogP) is 2.46. The Labute approximate surface area is 131 Å².